The third-order valence-electron chi connectivity index (χ3n) is 0. The minimum absolute atomic E-state index is 4.44. The molecule has 0 saturated heterocycles. The summed E-state index contributed by atoms with van der Waals surface area (Å²) in [6.45, 7) is 0. The molecule has 7 heteroatoms. The summed E-state index contributed by atoms with van der Waals surface area (Å²) in [5.74, 6) is 0. The van der Waals surface area contributed by atoms with E-state index in [4.69, 9.17) is 0 Å². The fraction of sp³-hybridized carbons (Fsp3) is 0. The number of hydrogen-bond donors (Lipinski definition) is 0. The molecule has 0 aromatic rings. The van der Waals surface area contributed by atoms with Crippen LogP contribution in [-0.4, -0.2) is 0 Å². The zero-order valence-corrected chi connectivity index (χ0v) is 10.0. The quantitative estimate of drug-likeness (QED) is 0.614. The fourth-order valence-corrected chi connectivity index (χ4v) is 0. The van der Waals surface area contributed by atoms with Crippen LogP contribution in [-0.2, 0) is 4.47 Å². The summed E-state index contributed by atoms with van der Waals surface area (Å²) in [6.07, 6.45) is 0. The first-order valence-corrected chi connectivity index (χ1v) is 25.0. The summed E-state index contributed by atoms with van der Waals surface area (Å²) in [6, 6.07) is 0. The molecule has 0 amide bonds. The minimum atomic E-state index is -7.06. The van der Waals surface area contributed by atoms with Crippen LogP contribution < -0.4 is 0 Å². The van der Waals surface area contributed by atoms with E-state index in [0.29, 0.717) is 0 Å². The predicted molar refractivity (Wildman–Crippen MR) is 24.8 cm³/mol. The van der Waals surface area contributed by atoms with Gasteiger partial charge in [0.05, 0.1) is 0 Å². The van der Waals surface area contributed by atoms with Gasteiger partial charge < -0.3 is 0 Å². The second-order valence-corrected chi connectivity index (χ2v) is 54.0. The predicted octanol–water partition coefficient (Wildman–Crippen LogP) is 2.52. The van der Waals surface area contributed by atoms with Crippen LogP contribution in [0.5, 0.6) is 0 Å². The van der Waals surface area contributed by atoms with Gasteiger partial charge >= 0.3 is 50.7 Å². The molecule has 0 spiro atoms. The van der Waals surface area contributed by atoms with Crippen molar-refractivity contribution in [1.29, 1.82) is 0 Å². The van der Waals surface area contributed by atoms with Gasteiger partial charge in [0.1, 0.15) is 0 Å². The molecule has 0 N–H and O–H groups in total. The Morgan fingerprint density at radius 1 is 0.857 bits per heavy atom. The maximum absolute atomic E-state index is 9.98. The van der Waals surface area contributed by atoms with Crippen molar-refractivity contribution < 1.29 is 20.2 Å². The molecule has 0 atom stereocenters. The van der Waals surface area contributed by atoms with E-state index in [0.717, 1.165) is 0 Å². The molecule has 7 heavy (non-hydrogen) atoms. The van der Waals surface area contributed by atoms with Crippen LogP contribution in [0, 0.1) is 15.7 Å². The zero-order chi connectivity index (χ0) is 6.41. The van der Waals surface area contributed by atoms with E-state index in [1.165, 1.54) is 0 Å². The van der Waals surface area contributed by atoms with Gasteiger partial charge in [-0.3, -0.25) is 0 Å². The molecule has 2 nitrogen and oxygen atoms in total. The van der Waals surface area contributed by atoms with Crippen LogP contribution >= 0.6 is 30.5 Å². The van der Waals surface area contributed by atoms with E-state index in [1.807, 2.05) is 0 Å². The first-order valence-electron chi connectivity index (χ1n) is 1.16. The van der Waals surface area contributed by atoms with Crippen molar-refractivity contribution in [3.63, 3.8) is 0 Å². The van der Waals surface area contributed by atoms with Gasteiger partial charge in [0.2, 0.25) is 0 Å². The fourth-order valence-electron chi connectivity index (χ4n) is 0. The Bertz CT molecular complexity index is 189. The van der Waals surface area contributed by atoms with Crippen molar-refractivity contribution in [2.75, 3.05) is 0 Å². The molecule has 0 saturated carbocycles. The van der Waals surface area contributed by atoms with Crippen LogP contribution in [0.25, 0.3) is 0 Å². The zero-order valence-electron chi connectivity index (χ0n) is 2.83. The van der Waals surface area contributed by atoms with E-state index < -0.39 is 15.7 Å². The topological polar surface area (TPSA) is 34.1 Å². The van der Waals surface area contributed by atoms with Crippen LogP contribution in [0.2, 0.25) is 0 Å². The van der Waals surface area contributed by atoms with Gasteiger partial charge in [-0.05, 0) is 0 Å². The Labute approximate surface area is 49.8 Å². The molecule has 0 aromatic carbocycles. The summed E-state index contributed by atoms with van der Waals surface area (Å²) in [4.78, 5) is 0. The van der Waals surface area contributed by atoms with Crippen LogP contribution in [0.15, 0.2) is 0 Å². The first-order chi connectivity index (χ1) is 2.45. The molecule has 0 aliphatic carbocycles. The summed E-state index contributed by atoms with van der Waals surface area (Å²) >= 11 is -7.06. The van der Waals surface area contributed by atoms with Gasteiger partial charge in [-0.25, -0.2) is 0 Å². The van der Waals surface area contributed by atoms with E-state index in [2.05, 4.69) is 30.5 Å². The van der Waals surface area contributed by atoms with Crippen LogP contribution in [0.3, 0.4) is 0 Å². The summed E-state index contributed by atoms with van der Waals surface area (Å²) in [7, 11) is 17.8. The Kier molecular flexibility index (Phi) is 1.61. The normalized spacial score (nSPS) is 22.9. The molecule has 0 aromatic heterocycles. The molecule has 0 radical (unpaired) electrons. The summed E-state index contributed by atoms with van der Waals surface area (Å²) < 4.78 is 20.0. The van der Waals surface area contributed by atoms with Crippen molar-refractivity contribution in [2.24, 2.45) is 0 Å². The van der Waals surface area contributed by atoms with Gasteiger partial charge in [0.25, 0.3) is 0 Å². The van der Waals surface area contributed by atoms with E-state index in [9.17, 15) is 4.47 Å². The summed E-state index contributed by atoms with van der Waals surface area (Å²) in [5, 5.41) is 0. The van der Waals surface area contributed by atoms with Gasteiger partial charge in [-0.15, -0.1) is 0 Å². The number of halogens is 4. The van der Waals surface area contributed by atoms with Crippen molar-refractivity contribution in [1.82, 2.24) is 0 Å². The molecule has 44 valence electrons. The van der Waals surface area contributed by atoms with Gasteiger partial charge in [-0.1, -0.05) is 0 Å². The molecule has 0 heterocycles. The van der Waals surface area contributed by atoms with Crippen molar-refractivity contribution in [3.05, 3.63) is 0 Å². The molecular formula is Cl4O2U. The standard InChI is InChI=1S/4ClH.2O.U/h4*1H;;;/q;;;;;;+4/p-4. The van der Waals surface area contributed by atoms with Gasteiger partial charge in [-0.2, -0.15) is 0 Å². The third kappa shape index (κ3) is 80.4. The first kappa shape index (κ1) is 8.81. The average molecular weight is 412 g/mol. The molecule has 0 rings (SSSR count). The van der Waals surface area contributed by atoms with Crippen molar-refractivity contribution >= 4 is 30.5 Å². The van der Waals surface area contributed by atoms with Crippen LogP contribution in [0.1, 0.15) is 0 Å². The second kappa shape index (κ2) is 1.28. The molecule has 0 unspecified atom stereocenters. The number of hydrogen-bond acceptors (Lipinski definition) is 2. The molecule has 0 aliphatic heterocycles. The van der Waals surface area contributed by atoms with E-state index in [-0.39, 0.29) is 0 Å². The average Bonchev–Trinajstić information content (AvgIpc) is 0.592. The molecule has 0 fully saturated rings. The summed E-state index contributed by atoms with van der Waals surface area (Å²) in [5.41, 5.74) is 0. The van der Waals surface area contributed by atoms with Gasteiger partial charge in [0.15, 0.2) is 0 Å². The van der Waals surface area contributed by atoms with Gasteiger partial charge in [0, 0.05) is 0 Å². The van der Waals surface area contributed by atoms with Crippen LogP contribution in [0.4, 0.5) is 0 Å². The van der Waals surface area contributed by atoms with Crippen molar-refractivity contribution in [3.8, 4) is 0 Å². The van der Waals surface area contributed by atoms with E-state index >= 15 is 0 Å². The number of rotatable bonds is 0. The van der Waals surface area contributed by atoms with E-state index in [1.54, 1.807) is 0 Å². The Hall–Kier alpha value is 1.81. The second-order valence-electron chi connectivity index (χ2n) is 1.13. The molecular weight excluding hydrogens is 412 g/mol. The Balaban J connectivity index is 5.35. The monoisotopic (exact) mass is 410 g/mol. The third-order valence-corrected chi connectivity index (χ3v) is 0. The maximum atomic E-state index is 9.98. The Morgan fingerprint density at radius 2 is 0.857 bits per heavy atom. The SMILES string of the molecule is [O]=[U](=[O])([Cl])([Cl])([Cl])[Cl]. The molecule has 0 aliphatic rings. The Morgan fingerprint density at radius 3 is 0.857 bits per heavy atom. The van der Waals surface area contributed by atoms with Crippen molar-refractivity contribution in [2.45, 2.75) is 0 Å². The molecule has 0 bridgehead atoms.